The lowest BCUT2D eigenvalue weighted by Crippen LogP contribution is -2.36. The van der Waals surface area contributed by atoms with Gasteiger partial charge in [0.05, 0.1) is 6.61 Å². The number of hydrogen-bond donors (Lipinski definition) is 3. The van der Waals surface area contributed by atoms with Gasteiger partial charge in [0.15, 0.2) is 0 Å². The molecular weight excluding hydrogens is 495 g/mol. The fraction of sp³-hybridized carbons (Fsp3) is 0.400. The number of hydrogen-bond acceptors (Lipinski definition) is 4. The van der Waals surface area contributed by atoms with Crippen LogP contribution >= 0.6 is 22.6 Å². The van der Waals surface area contributed by atoms with Crippen molar-refractivity contribution in [1.29, 1.82) is 0 Å². The van der Waals surface area contributed by atoms with Crippen LogP contribution in [-0.2, 0) is 27.5 Å². The molecule has 0 radical (unpaired) electrons. The van der Waals surface area contributed by atoms with Crippen LogP contribution in [0.2, 0.25) is 0 Å². The van der Waals surface area contributed by atoms with E-state index in [9.17, 15) is 18.4 Å². The predicted octanol–water partition coefficient (Wildman–Crippen LogP) is 2.74. The van der Waals surface area contributed by atoms with Crippen molar-refractivity contribution >= 4 is 34.4 Å². The number of carbonyl (C=O) groups is 2. The molecule has 0 atom stereocenters. The van der Waals surface area contributed by atoms with Crippen LogP contribution in [0.3, 0.4) is 0 Å². The van der Waals surface area contributed by atoms with E-state index in [0.29, 0.717) is 24.5 Å². The Bertz CT molecular complexity index is 815. The molecular formula is C20H22F2IN3O3. The molecule has 1 saturated carbocycles. The Morgan fingerprint density at radius 1 is 1.21 bits per heavy atom. The van der Waals surface area contributed by atoms with Gasteiger partial charge in [-0.05, 0) is 30.0 Å². The van der Waals surface area contributed by atoms with Gasteiger partial charge < -0.3 is 20.7 Å². The summed E-state index contributed by atoms with van der Waals surface area (Å²) < 4.78 is 27.6. The van der Waals surface area contributed by atoms with Crippen LogP contribution in [0, 0.1) is 5.92 Å². The number of alkyl halides is 3. The molecule has 29 heavy (non-hydrogen) atoms. The van der Waals surface area contributed by atoms with E-state index in [0.717, 1.165) is 46.6 Å². The van der Waals surface area contributed by atoms with E-state index in [2.05, 4.69) is 16.0 Å². The molecule has 0 saturated heterocycles. The molecule has 1 aliphatic heterocycles. The Balaban J connectivity index is 1.45. The van der Waals surface area contributed by atoms with Crippen LogP contribution < -0.4 is 16.0 Å². The van der Waals surface area contributed by atoms with Gasteiger partial charge in [0, 0.05) is 47.2 Å². The van der Waals surface area contributed by atoms with Gasteiger partial charge in [0.25, 0.3) is 5.91 Å². The summed E-state index contributed by atoms with van der Waals surface area (Å²) in [5.74, 6) is 0.376. The first-order chi connectivity index (χ1) is 13.8. The van der Waals surface area contributed by atoms with Crippen LogP contribution in [0.5, 0.6) is 0 Å². The number of dihydropyridines is 1. The second-order valence-electron chi connectivity index (χ2n) is 6.97. The van der Waals surface area contributed by atoms with Crippen molar-refractivity contribution in [1.82, 2.24) is 16.0 Å². The molecule has 1 fully saturated rings. The van der Waals surface area contributed by atoms with E-state index >= 15 is 0 Å². The molecule has 3 rings (SSSR count). The third-order valence-corrected chi connectivity index (χ3v) is 4.70. The number of ether oxygens (including phenoxy) is 1. The van der Waals surface area contributed by atoms with Gasteiger partial charge in [-0.15, -0.1) is 0 Å². The van der Waals surface area contributed by atoms with E-state index < -0.39 is 10.5 Å². The molecule has 2 amide bonds. The smallest absolute Gasteiger partial charge is 0.319 e. The van der Waals surface area contributed by atoms with Crippen LogP contribution in [0.4, 0.5) is 8.78 Å². The van der Waals surface area contributed by atoms with Crippen molar-refractivity contribution in [3.8, 4) is 0 Å². The maximum absolute atomic E-state index is 12.7. The fourth-order valence-electron chi connectivity index (χ4n) is 2.68. The Hall–Kier alpha value is -2.01. The minimum absolute atomic E-state index is 0.0170. The quantitative estimate of drug-likeness (QED) is 0.348. The van der Waals surface area contributed by atoms with Crippen molar-refractivity contribution in [3.63, 3.8) is 0 Å². The topological polar surface area (TPSA) is 79.5 Å². The first kappa shape index (κ1) is 21.7. The highest BCUT2D eigenvalue weighted by molar-refractivity contribution is 14.1. The summed E-state index contributed by atoms with van der Waals surface area (Å²) in [4.78, 5) is 24.2. The second kappa shape index (κ2) is 9.66. The highest BCUT2D eigenvalue weighted by atomic mass is 127. The summed E-state index contributed by atoms with van der Waals surface area (Å²) in [5, 5.41) is 8.68. The summed E-state index contributed by atoms with van der Waals surface area (Å²) in [6.45, 7) is 0.260. The third kappa shape index (κ3) is 7.39. The summed E-state index contributed by atoms with van der Waals surface area (Å²) in [6, 6.07) is 7.19. The zero-order valence-electron chi connectivity index (χ0n) is 15.6. The van der Waals surface area contributed by atoms with Crippen molar-refractivity contribution in [2.24, 2.45) is 5.92 Å². The summed E-state index contributed by atoms with van der Waals surface area (Å²) in [7, 11) is 0. The largest absolute Gasteiger partial charge is 0.370 e. The summed E-state index contributed by atoms with van der Waals surface area (Å²) in [5.41, 5.74) is 2.14. The first-order valence-corrected chi connectivity index (χ1v) is 10.3. The van der Waals surface area contributed by atoms with Crippen LogP contribution in [-0.4, -0.2) is 28.9 Å². The van der Waals surface area contributed by atoms with Crippen molar-refractivity contribution in [2.45, 2.75) is 29.9 Å². The van der Waals surface area contributed by atoms with Crippen LogP contribution in [0.25, 0.3) is 0 Å². The van der Waals surface area contributed by atoms with Crippen molar-refractivity contribution in [2.75, 3.05) is 13.2 Å². The lowest BCUT2D eigenvalue weighted by Gasteiger charge is -2.17. The molecule has 156 valence electrons. The van der Waals surface area contributed by atoms with Gasteiger partial charge in [-0.2, -0.15) is 8.78 Å². The normalized spacial score (nSPS) is 16.4. The zero-order chi connectivity index (χ0) is 20.9. The molecule has 0 bridgehead atoms. The van der Waals surface area contributed by atoms with Crippen molar-refractivity contribution < 1.29 is 23.1 Å². The Morgan fingerprint density at radius 3 is 2.55 bits per heavy atom. The molecule has 6 nitrogen and oxygen atoms in total. The maximum atomic E-state index is 12.7. The van der Waals surface area contributed by atoms with Gasteiger partial charge in [-0.3, -0.25) is 9.59 Å². The second-order valence-corrected chi connectivity index (χ2v) is 8.55. The van der Waals surface area contributed by atoms with Gasteiger partial charge in [0.1, 0.15) is 12.4 Å². The Kier molecular flexibility index (Phi) is 7.23. The Labute approximate surface area is 181 Å². The molecule has 1 heterocycles. The third-order valence-electron chi connectivity index (χ3n) is 4.39. The minimum Gasteiger partial charge on any atom is -0.370 e. The average molecular weight is 517 g/mol. The van der Waals surface area contributed by atoms with E-state index in [-0.39, 0.29) is 24.3 Å². The highest BCUT2D eigenvalue weighted by Crippen LogP contribution is 2.29. The fourth-order valence-corrected chi connectivity index (χ4v) is 2.90. The minimum atomic E-state index is -2.87. The van der Waals surface area contributed by atoms with Crippen LogP contribution in [0.1, 0.15) is 24.0 Å². The molecule has 2 aliphatic rings. The standard InChI is InChI=1S/C20H22F2IN3O3/c21-20(22,23)12-29-11-14-3-1-13(2-4-14)10-25-18(27)16-7-8-24-17(9-16)26-19(28)15-5-6-15/h1-4,7,9,15,24H,5-6,8,10-12H2,(H,25,27)(H,26,28). The zero-order valence-corrected chi connectivity index (χ0v) is 17.8. The number of nitrogens with one attached hydrogen (secondary N) is 3. The molecule has 1 aromatic rings. The monoisotopic (exact) mass is 517 g/mol. The van der Waals surface area contributed by atoms with E-state index in [1.807, 2.05) is 12.1 Å². The lowest BCUT2D eigenvalue weighted by atomic mass is 10.1. The van der Waals surface area contributed by atoms with Gasteiger partial charge in [0.2, 0.25) is 5.91 Å². The number of rotatable bonds is 9. The molecule has 0 aromatic heterocycles. The molecule has 3 N–H and O–H groups in total. The number of halogens is 3. The molecule has 1 aromatic carbocycles. The van der Waals surface area contributed by atoms with Crippen molar-refractivity contribution in [3.05, 3.63) is 58.9 Å². The molecule has 1 aliphatic carbocycles. The molecule has 0 spiro atoms. The van der Waals surface area contributed by atoms with Gasteiger partial charge >= 0.3 is 3.93 Å². The number of carbonyl (C=O) groups excluding carboxylic acids is 2. The number of amides is 2. The van der Waals surface area contributed by atoms with E-state index in [4.69, 9.17) is 4.74 Å². The van der Waals surface area contributed by atoms with E-state index in [1.165, 1.54) is 0 Å². The SMILES string of the molecule is O=C(NCc1ccc(COCC(F)(F)I)cc1)C1=CCNC(NC(=O)C2CC2)=C1. The lowest BCUT2D eigenvalue weighted by molar-refractivity contribution is -0.121. The molecule has 9 heteroatoms. The van der Waals surface area contributed by atoms with Gasteiger partial charge in [-0.1, -0.05) is 30.3 Å². The number of benzene rings is 1. The summed E-state index contributed by atoms with van der Waals surface area (Å²) >= 11 is 1.04. The summed E-state index contributed by atoms with van der Waals surface area (Å²) in [6.07, 6.45) is 5.21. The van der Waals surface area contributed by atoms with E-state index in [1.54, 1.807) is 24.3 Å². The predicted molar refractivity (Wildman–Crippen MR) is 112 cm³/mol. The molecule has 0 unspecified atom stereocenters. The van der Waals surface area contributed by atoms with Gasteiger partial charge in [-0.25, -0.2) is 0 Å². The maximum Gasteiger partial charge on any atom is 0.319 e. The first-order valence-electron chi connectivity index (χ1n) is 9.27. The van der Waals surface area contributed by atoms with Crippen LogP contribution in [0.15, 0.2) is 47.8 Å². The highest BCUT2D eigenvalue weighted by Gasteiger charge is 2.30. The average Bonchev–Trinajstić information content (AvgIpc) is 3.52. The Morgan fingerprint density at radius 2 is 1.90 bits per heavy atom.